The molecule has 1 aromatic carbocycles. The summed E-state index contributed by atoms with van der Waals surface area (Å²) in [6.07, 6.45) is 4.15. The summed E-state index contributed by atoms with van der Waals surface area (Å²) in [5.74, 6) is -0.226. The molecule has 1 atom stereocenters. The van der Waals surface area contributed by atoms with Gasteiger partial charge < -0.3 is 15.4 Å². The number of benzene rings is 1. The normalized spacial score (nSPS) is 17.0. The van der Waals surface area contributed by atoms with E-state index < -0.39 is 0 Å². The van der Waals surface area contributed by atoms with Crippen LogP contribution in [0.1, 0.15) is 12.8 Å². The minimum absolute atomic E-state index is 0.0923. The van der Waals surface area contributed by atoms with Crippen LogP contribution in [0.3, 0.4) is 0 Å². The van der Waals surface area contributed by atoms with Crippen molar-refractivity contribution in [2.75, 3.05) is 44.9 Å². The Morgan fingerprint density at radius 1 is 1.29 bits per heavy atom. The summed E-state index contributed by atoms with van der Waals surface area (Å²) in [5, 5.41) is 5.75. The first-order valence-corrected chi connectivity index (χ1v) is 9.30. The van der Waals surface area contributed by atoms with Crippen molar-refractivity contribution in [3.05, 3.63) is 24.3 Å². The van der Waals surface area contributed by atoms with Crippen molar-refractivity contribution in [1.29, 1.82) is 0 Å². The number of nitrogens with zero attached hydrogens (tertiary/aromatic N) is 1. The number of rotatable bonds is 8. The summed E-state index contributed by atoms with van der Waals surface area (Å²) in [6.45, 7) is 1.67. The van der Waals surface area contributed by atoms with E-state index in [1.807, 2.05) is 30.5 Å². The molecule has 1 heterocycles. The zero-order chi connectivity index (χ0) is 17.4. The van der Waals surface area contributed by atoms with Crippen LogP contribution in [0.4, 0.5) is 5.69 Å². The van der Waals surface area contributed by atoms with E-state index in [1.54, 1.807) is 23.7 Å². The average molecular weight is 351 g/mol. The monoisotopic (exact) mass is 351 g/mol. The van der Waals surface area contributed by atoms with Gasteiger partial charge in [0.05, 0.1) is 24.9 Å². The fourth-order valence-electron chi connectivity index (χ4n) is 2.57. The Bertz CT molecular complexity index is 562. The van der Waals surface area contributed by atoms with Crippen LogP contribution >= 0.6 is 11.8 Å². The maximum Gasteiger partial charge on any atom is 0.238 e. The van der Waals surface area contributed by atoms with Gasteiger partial charge in [0.25, 0.3) is 0 Å². The second kappa shape index (κ2) is 9.66. The van der Waals surface area contributed by atoms with Crippen LogP contribution < -0.4 is 10.6 Å². The van der Waals surface area contributed by atoms with Crippen molar-refractivity contribution in [3.8, 4) is 0 Å². The van der Waals surface area contributed by atoms with Crippen LogP contribution in [-0.4, -0.2) is 62.4 Å². The number of carbonyl (C=O) groups excluding carboxylic acids is 2. The number of ether oxygens (including phenoxy) is 1. The maximum absolute atomic E-state index is 12.1. The highest BCUT2D eigenvalue weighted by molar-refractivity contribution is 7.98. The number of para-hydroxylation sites is 1. The lowest BCUT2D eigenvalue weighted by atomic mass is 10.2. The summed E-state index contributed by atoms with van der Waals surface area (Å²) in [4.78, 5) is 26.7. The highest BCUT2D eigenvalue weighted by Crippen LogP contribution is 2.24. The molecule has 0 aliphatic carbocycles. The third-order valence-electron chi connectivity index (χ3n) is 3.76. The van der Waals surface area contributed by atoms with Gasteiger partial charge in [-0.1, -0.05) is 12.1 Å². The topological polar surface area (TPSA) is 70.7 Å². The van der Waals surface area contributed by atoms with Gasteiger partial charge in [0.1, 0.15) is 0 Å². The van der Waals surface area contributed by atoms with Gasteiger partial charge in [0.15, 0.2) is 0 Å². The molecule has 2 rings (SSSR count). The van der Waals surface area contributed by atoms with Gasteiger partial charge in [-0.3, -0.25) is 14.5 Å². The van der Waals surface area contributed by atoms with Gasteiger partial charge in [-0.15, -0.1) is 11.8 Å². The van der Waals surface area contributed by atoms with Crippen molar-refractivity contribution in [2.45, 2.75) is 23.8 Å². The summed E-state index contributed by atoms with van der Waals surface area (Å²) in [6, 6.07) is 7.66. The Balaban J connectivity index is 1.71. The quantitative estimate of drug-likeness (QED) is 0.696. The number of carbonyl (C=O) groups is 2. The summed E-state index contributed by atoms with van der Waals surface area (Å²) < 4.78 is 5.47. The predicted molar refractivity (Wildman–Crippen MR) is 96.3 cm³/mol. The molecule has 24 heavy (non-hydrogen) atoms. The standard InChI is InChI=1S/C17H25N3O3S/c1-20(11-16(21)18-10-13-6-5-9-23-13)12-17(22)19-14-7-3-4-8-15(14)24-2/h3-4,7-8,13H,5-6,9-12H2,1-2H3,(H,18,21)(H,19,22)/t13-/m0/s1. The van der Waals surface area contributed by atoms with Gasteiger partial charge in [-0.25, -0.2) is 0 Å². The third kappa shape index (κ3) is 6.14. The second-order valence-electron chi connectivity index (χ2n) is 5.86. The predicted octanol–water partition coefficient (Wildman–Crippen LogP) is 1.57. The van der Waals surface area contributed by atoms with Crippen LogP contribution in [0.25, 0.3) is 0 Å². The Morgan fingerprint density at radius 3 is 2.75 bits per heavy atom. The highest BCUT2D eigenvalue weighted by Gasteiger charge is 2.17. The molecule has 1 aromatic rings. The van der Waals surface area contributed by atoms with Gasteiger partial charge in [-0.2, -0.15) is 0 Å². The molecule has 0 aromatic heterocycles. The first-order chi connectivity index (χ1) is 11.6. The van der Waals surface area contributed by atoms with E-state index in [9.17, 15) is 9.59 Å². The van der Waals surface area contributed by atoms with Crippen LogP contribution in [-0.2, 0) is 14.3 Å². The maximum atomic E-state index is 12.1. The highest BCUT2D eigenvalue weighted by atomic mass is 32.2. The third-order valence-corrected chi connectivity index (χ3v) is 4.55. The molecule has 132 valence electrons. The lowest BCUT2D eigenvalue weighted by Crippen LogP contribution is -2.41. The first kappa shape index (κ1) is 18.8. The lowest BCUT2D eigenvalue weighted by Gasteiger charge is -2.17. The number of hydrogen-bond acceptors (Lipinski definition) is 5. The number of amides is 2. The van der Waals surface area contributed by atoms with E-state index in [-0.39, 0.29) is 31.0 Å². The van der Waals surface area contributed by atoms with E-state index in [4.69, 9.17) is 4.74 Å². The Labute approximate surface area is 147 Å². The summed E-state index contributed by atoms with van der Waals surface area (Å²) >= 11 is 1.58. The fraction of sp³-hybridized carbons (Fsp3) is 0.529. The fourth-order valence-corrected chi connectivity index (χ4v) is 3.13. The van der Waals surface area contributed by atoms with Crippen molar-refractivity contribution in [2.24, 2.45) is 0 Å². The van der Waals surface area contributed by atoms with Crippen molar-refractivity contribution in [3.63, 3.8) is 0 Å². The van der Waals surface area contributed by atoms with Crippen molar-refractivity contribution in [1.82, 2.24) is 10.2 Å². The summed E-state index contributed by atoms with van der Waals surface area (Å²) in [5.41, 5.74) is 0.797. The molecule has 1 aliphatic rings. The molecule has 1 saturated heterocycles. The smallest absolute Gasteiger partial charge is 0.238 e. The van der Waals surface area contributed by atoms with Crippen LogP contribution in [0, 0.1) is 0 Å². The minimum atomic E-state index is -0.133. The minimum Gasteiger partial charge on any atom is -0.376 e. The van der Waals surface area contributed by atoms with E-state index in [1.165, 1.54) is 0 Å². The van der Waals surface area contributed by atoms with Gasteiger partial charge in [0.2, 0.25) is 11.8 Å². The Hall–Kier alpha value is -1.57. The number of anilines is 1. The lowest BCUT2D eigenvalue weighted by molar-refractivity contribution is -0.123. The molecule has 0 unspecified atom stereocenters. The molecule has 0 radical (unpaired) electrons. The largest absolute Gasteiger partial charge is 0.376 e. The molecular weight excluding hydrogens is 326 g/mol. The molecule has 2 N–H and O–H groups in total. The molecule has 0 saturated carbocycles. The molecule has 2 amide bonds. The molecule has 7 heteroatoms. The van der Waals surface area contributed by atoms with Crippen LogP contribution in [0.5, 0.6) is 0 Å². The van der Waals surface area contributed by atoms with E-state index in [2.05, 4.69) is 10.6 Å². The van der Waals surface area contributed by atoms with Crippen LogP contribution in [0.2, 0.25) is 0 Å². The Morgan fingerprint density at radius 2 is 2.04 bits per heavy atom. The molecule has 1 fully saturated rings. The molecule has 0 spiro atoms. The summed E-state index contributed by atoms with van der Waals surface area (Å²) in [7, 11) is 1.76. The van der Waals surface area contributed by atoms with E-state index in [0.717, 1.165) is 30.0 Å². The van der Waals surface area contributed by atoms with Gasteiger partial charge in [-0.05, 0) is 38.3 Å². The zero-order valence-electron chi connectivity index (χ0n) is 14.2. The number of hydrogen-bond donors (Lipinski definition) is 2. The van der Waals surface area contributed by atoms with Gasteiger partial charge >= 0.3 is 0 Å². The van der Waals surface area contributed by atoms with Gasteiger partial charge in [0, 0.05) is 18.0 Å². The number of likely N-dealkylation sites (N-methyl/N-ethyl adjacent to an activating group) is 1. The van der Waals surface area contributed by atoms with Crippen molar-refractivity contribution >= 4 is 29.3 Å². The molecule has 0 bridgehead atoms. The van der Waals surface area contributed by atoms with Crippen LogP contribution in [0.15, 0.2) is 29.2 Å². The molecular formula is C17H25N3O3S. The average Bonchev–Trinajstić information content (AvgIpc) is 3.06. The van der Waals surface area contributed by atoms with Crippen molar-refractivity contribution < 1.29 is 14.3 Å². The molecule has 1 aliphatic heterocycles. The zero-order valence-corrected chi connectivity index (χ0v) is 15.0. The van der Waals surface area contributed by atoms with E-state index in [0.29, 0.717) is 6.54 Å². The SMILES string of the molecule is CSc1ccccc1NC(=O)CN(C)CC(=O)NC[C@@H]1CCCO1. The Kier molecular flexibility index (Phi) is 7.55. The first-order valence-electron chi connectivity index (χ1n) is 8.08. The second-order valence-corrected chi connectivity index (χ2v) is 6.71. The number of thioether (sulfide) groups is 1. The molecule has 6 nitrogen and oxygen atoms in total. The number of nitrogens with one attached hydrogen (secondary N) is 2. The van der Waals surface area contributed by atoms with E-state index >= 15 is 0 Å².